The van der Waals surface area contributed by atoms with Crippen LogP contribution in [0.2, 0.25) is 0 Å². The van der Waals surface area contributed by atoms with E-state index in [0.717, 1.165) is 6.42 Å². The zero-order valence-corrected chi connectivity index (χ0v) is 7.92. The fraction of sp³-hybridized carbons (Fsp3) is 0.600. The molecular formula is C5H11NaO3. The second-order valence-electron chi connectivity index (χ2n) is 1.14. The second kappa shape index (κ2) is 15.7. The van der Waals surface area contributed by atoms with Crippen molar-refractivity contribution >= 4 is 6.16 Å². The minimum atomic E-state index is -1.83. The maximum atomic E-state index is 8.56. The van der Waals surface area contributed by atoms with E-state index in [1.54, 1.807) is 0 Å². The third-order valence-electron chi connectivity index (χ3n) is 0.354. The summed E-state index contributed by atoms with van der Waals surface area (Å²) in [5.41, 5.74) is 0. The van der Waals surface area contributed by atoms with Gasteiger partial charge in [-0.05, 0) is 0 Å². The largest absolute Gasteiger partial charge is 1.00 e. The maximum Gasteiger partial charge on any atom is 1.00 e. The van der Waals surface area contributed by atoms with Gasteiger partial charge in [0.15, 0.2) is 0 Å². The zero-order valence-electron chi connectivity index (χ0n) is 5.92. The normalized spacial score (nSPS) is 6.00. The predicted octanol–water partition coefficient (Wildman–Crippen LogP) is -1.15. The number of carboxylic acid groups (broad SMARTS) is 2. The van der Waals surface area contributed by atoms with Gasteiger partial charge in [-0.15, -0.1) is 0 Å². The molecule has 0 aromatic carbocycles. The van der Waals surface area contributed by atoms with E-state index in [2.05, 4.69) is 13.8 Å². The van der Waals surface area contributed by atoms with Crippen molar-refractivity contribution in [2.45, 2.75) is 19.8 Å². The molecule has 0 fully saturated rings. The van der Waals surface area contributed by atoms with Crippen molar-refractivity contribution in [3.63, 3.8) is 0 Å². The third kappa shape index (κ3) is 202. The average molecular weight is 142 g/mol. The summed E-state index contributed by atoms with van der Waals surface area (Å²) in [6, 6.07) is 0. The Labute approximate surface area is 77.4 Å². The summed E-state index contributed by atoms with van der Waals surface area (Å²) in [7, 11) is 0. The number of carbonyl (C=O) groups is 1. The first kappa shape index (κ1) is 16.1. The molecule has 0 spiro atoms. The number of hydrogen-bond donors (Lipinski definition) is 2. The molecule has 2 N–H and O–H groups in total. The molecule has 0 saturated carbocycles. The Balaban J connectivity index is -0.0000000720. The summed E-state index contributed by atoms with van der Waals surface area (Å²) < 4.78 is 0. The summed E-state index contributed by atoms with van der Waals surface area (Å²) in [5.74, 6) is 0. The minimum absolute atomic E-state index is 0. The van der Waals surface area contributed by atoms with Crippen LogP contribution in [-0.2, 0) is 0 Å². The Bertz CT molecular complexity index is 50.2. The van der Waals surface area contributed by atoms with Crippen molar-refractivity contribution in [2.24, 2.45) is 0 Å². The van der Waals surface area contributed by atoms with Gasteiger partial charge in [-0.3, -0.25) is 0 Å². The molecule has 0 unspecified atom stereocenters. The standard InChI is InChI=1S/C4H9.CH2O3.Na/c1-3-4-2;2-1(3)4;/h1,3-4H2,2H3;(H2,2,3,4);/q-1;;+1. The smallest absolute Gasteiger partial charge is 0.450 e. The minimum Gasteiger partial charge on any atom is -0.450 e. The maximum absolute atomic E-state index is 8.56. The summed E-state index contributed by atoms with van der Waals surface area (Å²) in [4.78, 5) is 8.56. The third-order valence-corrected chi connectivity index (χ3v) is 0.354. The van der Waals surface area contributed by atoms with Gasteiger partial charge in [0.1, 0.15) is 0 Å². The Hall–Kier alpha value is 0.270. The Kier molecular flexibility index (Phi) is 28.2. The first-order valence-electron chi connectivity index (χ1n) is 2.36. The molecule has 0 aromatic rings. The molecule has 0 atom stereocenters. The molecule has 0 aromatic heterocycles. The van der Waals surface area contributed by atoms with Gasteiger partial charge in [0.05, 0.1) is 0 Å². The molecule has 0 radical (unpaired) electrons. The van der Waals surface area contributed by atoms with Crippen LogP contribution < -0.4 is 29.6 Å². The van der Waals surface area contributed by atoms with Crippen LogP contribution in [0.1, 0.15) is 19.8 Å². The Morgan fingerprint density at radius 2 is 1.67 bits per heavy atom. The monoisotopic (exact) mass is 142 g/mol. The molecule has 4 heteroatoms. The van der Waals surface area contributed by atoms with Gasteiger partial charge in [-0.25, -0.2) is 4.79 Å². The second-order valence-corrected chi connectivity index (χ2v) is 1.14. The van der Waals surface area contributed by atoms with Crippen LogP contribution in [0.15, 0.2) is 0 Å². The molecule has 0 bridgehead atoms. The van der Waals surface area contributed by atoms with Crippen LogP contribution in [-0.4, -0.2) is 16.4 Å². The molecule has 0 aliphatic rings. The molecule has 9 heavy (non-hydrogen) atoms. The van der Waals surface area contributed by atoms with E-state index in [-0.39, 0.29) is 29.6 Å². The van der Waals surface area contributed by atoms with Gasteiger partial charge in [-0.1, -0.05) is 13.3 Å². The van der Waals surface area contributed by atoms with Gasteiger partial charge in [0.2, 0.25) is 0 Å². The van der Waals surface area contributed by atoms with Gasteiger partial charge >= 0.3 is 35.7 Å². The Morgan fingerprint density at radius 1 is 1.56 bits per heavy atom. The first-order valence-corrected chi connectivity index (χ1v) is 2.36. The van der Waals surface area contributed by atoms with Crippen LogP contribution in [0.4, 0.5) is 4.79 Å². The van der Waals surface area contributed by atoms with E-state index in [4.69, 9.17) is 15.0 Å². The summed E-state index contributed by atoms with van der Waals surface area (Å²) in [6.45, 7) is 5.72. The van der Waals surface area contributed by atoms with E-state index in [9.17, 15) is 0 Å². The molecular weight excluding hydrogens is 131 g/mol. The van der Waals surface area contributed by atoms with Crippen LogP contribution >= 0.6 is 0 Å². The molecule has 0 saturated heterocycles. The molecule has 0 amide bonds. The molecule has 0 aliphatic heterocycles. The Morgan fingerprint density at radius 3 is 1.67 bits per heavy atom. The van der Waals surface area contributed by atoms with Gasteiger partial charge in [-0.2, -0.15) is 6.42 Å². The fourth-order valence-electron chi connectivity index (χ4n) is 0. The summed E-state index contributed by atoms with van der Waals surface area (Å²) in [6.07, 6.45) is 0.444. The van der Waals surface area contributed by atoms with Crippen molar-refractivity contribution in [3.05, 3.63) is 6.92 Å². The predicted molar refractivity (Wildman–Crippen MR) is 30.9 cm³/mol. The van der Waals surface area contributed by atoms with E-state index >= 15 is 0 Å². The van der Waals surface area contributed by atoms with Crippen molar-refractivity contribution in [2.75, 3.05) is 0 Å². The van der Waals surface area contributed by atoms with Gasteiger partial charge in [0.25, 0.3) is 0 Å². The molecule has 0 rings (SSSR count). The average Bonchev–Trinajstić information content (AvgIpc) is 1.65. The van der Waals surface area contributed by atoms with Crippen molar-refractivity contribution in [1.29, 1.82) is 0 Å². The topological polar surface area (TPSA) is 57.5 Å². The number of hydrogen-bond acceptors (Lipinski definition) is 1. The first-order chi connectivity index (χ1) is 3.65. The SMILES string of the molecule is O=C(O)O.[CH2-]CCC.[Na+]. The number of unbranched alkanes of at least 4 members (excludes halogenated alkanes) is 1. The molecule has 3 nitrogen and oxygen atoms in total. The van der Waals surface area contributed by atoms with E-state index in [0.29, 0.717) is 0 Å². The van der Waals surface area contributed by atoms with Gasteiger partial charge in [0, 0.05) is 0 Å². The summed E-state index contributed by atoms with van der Waals surface area (Å²) >= 11 is 0. The van der Waals surface area contributed by atoms with E-state index in [1.807, 2.05) is 0 Å². The molecule has 0 aliphatic carbocycles. The van der Waals surface area contributed by atoms with Gasteiger partial charge < -0.3 is 17.1 Å². The van der Waals surface area contributed by atoms with Crippen LogP contribution in [0.25, 0.3) is 0 Å². The quantitative estimate of drug-likeness (QED) is 0.359. The number of rotatable bonds is 1. The van der Waals surface area contributed by atoms with Crippen molar-refractivity contribution in [1.82, 2.24) is 0 Å². The zero-order chi connectivity index (χ0) is 6.99. The van der Waals surface area contributed by atoms with Crippen molar-refractivity contribution in [3.8, 4) is 0 Å². The van der Waals surface area contributed by atoms with Crippen LogP contribution in [0, 0.1) is 6.92 Å². The van der Waals surface area contributed by atoms with Crippen LogP contribution in [0.5, 0.6) is 0 Å². The molecule has 50 valence electrons. The van der Waals surface area contributed by atoms with Crippen LogP contribution in [0.3, 0.4) is 0 Å². The van der Waals surface area contributed by atoms with Crippen molar-refractivity contribution < 1.29 is 44.6 Å². The van der Waals surface area contributed by atoms with E-state index < -0.39 is 6.16 Å². The fourth-order valence-corrected chi connectivity index (χ4v) is 0. The molecule has 0 heterocycles. The summed E-state index contributed by atoms with van der Waals surface area (Å²) in [5, 5.41) is 13.9. The van der Waals surface area contributed by atoms with E-state index in [1.165, 1.54) is 6.42 Å².